The topological polar surface area (TPSA) is 46.9 Å². The molecule has 0 atom stereocenters. The molecule has 5 heteroatoms. The van der Waals surface area contributed by atoms with Crippen LogP contribution in [0.15, 0.2) is 30.5 Å². The minimum Gasteiger partial charge on any atom is -0.352 e. The van der Waals surface area contributed by atoms with Crippen molar-refractivity contribution >= 4 is 5.91 Å². The second-order valence-corrected chi connectivity index (χ2v) is 6.09. The number of benzene rings is 1. The zero-order chi connectivity index (χ0) is 16.3. The highest BCUT2D eigenvalue weighted by molar-refractivity contribution is 5.95. The molecule has 0 spiro atoms. The lowest BCUT2D eigenvalue weighted by Gasteiger charge is -2.13. The molecule has 0 saturated carbocycles. The standard InChI is InChI=1S/C17H22FN3O/c1-11(2)9-19-17(22)15-10-20-21(16(15)12(3)4)14-7-5-6-13(18)8-14/h5-8,10-12H,9H2,1-4H3,(H,19,22). The van der Waals surface area contributed by atoms with Gasteiger partial charge in [0.1, 0.15) is 5.82 Å². The summed E-state index contributed by atoms with van der Waals surface area (Å²) >= 11 is 0. The van der Waals surface area contributed by atoms with Gasteiger partial charge in [0.15, 0.2) is 0 Å². The van der Waals surface area contributed by atoms with E-state index in [0.29, 0.717) is 23.7 Å². The van der Waals surface area contributed by atoms with Crippen LogP contribution < -0.4 is 5.32 Å². The first-order chi connectivity index (χ1) is 10.4. The van der Waals surface area contributed by atoms with Crippen molar-refractivity contribution in [2.45, 2.75) is 33.6 Å². The zero-order valence-corrected chi connectivity index (χ0v) is 13.4. The Hall–Kier alpha value is -2.17. The number of halogens is 1. The fourth-order valence-electron chi connectivity index (χ4n) is 2.29. The Kier molecular flexibility index (Phi) is 4.96. The van der Waals surface area contributed by atoms with Gasteiger partial charge in [0.25, 0.3) is 5.91 Å². The Morgan fingerprint density at radius 3 is 2.64 bits per heavy atom. The zero-order valence-electron chi connectivity index (χ0n) is 13.4. The third-order valence-electron chi connectivity index (χ3n) is 3.32. The normalized spacial score (nSPS) is 11.2. The van der Waals surface area contributed by atoms with E-state index in [1.54, 1.807) is 23.0 Å². The van der Waals surface area contributed by atoms with Crippen molar-refractivity contribution in [3.8, 4) is 5.69 Å². The molecule has 0 saturated heterocycles. The van der Waals surface area contributed by atoms with E-state index in [9.17, 15) is 9.18 Å². The predicted octanol–water partition coefficient (Wildman–Crippen LogP) is 3.52. The molecule has 0 fully saturated rings. The highest BCUT2D eigenvalue weighted by Crippen LogP contribution is 2.23. The Labute approximate surface area is 130 Å². The van der Waals surface area contributed by atoms with Crippen LogP contribution in [-0.2, 0) is 0 Å². The second kappa shape index (κ2) is 6.73. The van der Waals surface area contributed by atoms with E-state index in [1.165, 1.54) is 12.1 Å². The van der Waals surface area contributed by atoms with Gasteiger partial charge in [-0.15, -0.1) is 0 Å². The molecule has 118 valence electrons. The monoisotopic (exact) mass is 303 g/mol. The number of carbonyl (C=O) groups excluding carboxylic acids is 1. The van der Waals surface area contributed by atoms with Crippen molar-refractivity contribution in [3.63, 3.8) is 0 Å². The highest BCUT2D eigenvalue weighted by atomic mass is 19.1. The van der Waals surface area contributed by atoms with Gasteiger partial charge in [0.05, 0.1) is 23.1 Å². The van der Waals surface area contributed by atoms with Gasteiger partial charge in [-0.05, 0) is 30.0 Å². The van der Waals surface area contributed by atoms with Crippen LogP contribution in [0.5, 0.6) is 0 Å². The fourth-order valence-corrected chi connectivity index (χ4v) is 2.29. The molecule has 0 radical (unpaired) electrons. The summed E-state index contributed by atoms with van der Waals surface area (Å²) in [6.07, 6.45) is 1.55. The van der Waals surface area contributed by atoms with E-state index in [2.05, 4.69) is 10.4 Å². The molecule has 0 aliphatic rings. The molecule has 1 N–H and O–H groups in total. The van der Waals surface area contributed by atoms with E-state index in [0.717, 1.165) is 5.69 Å². The quantitative estimate of drug-likeness (QED) is 0.918. The maximum atomic E-state index is 13.4. The Morgan fingerprint density at radius 1 is 1.32 bits per heavy atom. The van der Waals surface area contributed by atoms with Gasteiger partial charge in [0, 0.05) is 6.54 Å². The lowest BCUT2D eigenvalue weighted by atomic mass is 10.0. The van der Waals surface area contributed by atoms with Gasteiger partial charge < -0.3 is 5.32 Å². The summed E-state index contributed by atoms with van der Waals surface area (Å²) in [6.45, 7) is 8.68. The van der Waals surface area contributed by atoms with E-state index >= 15 is 0 Å². The molecular formula is C17H22FN3O. The van der Waals surface area contributed by atoms with Crippen LogP contribution in [0, 0.1) is 11.7 Å². The van der Waals surface area contributed by atoms with Gasteiger partial charge in [0.2, 0.25) is 0 Å². The van der Waals surface area contributed by atoms with E-state index in [1.807, 2.05) is 27.7 Å². The summed E-state index contributed by atoms with van der Waals surface area (Å²) in [5.41, 5.74) is 1.94. The lowest BCUT2D eigenvalue weighted by molar-refractivity contribution is 0.0947. The number of hydrogen-bond donors (Lipinski definition) is 1. The second-order valence-electron chi connectivity index (χ2n) is 6.09. The maximum absolute atomic E-state index is 13.4. The molecule has 0 aliphatic heterocycles. The summed E-state index contributed by atoms with van der Waals surface area (Å²) < 4.78 is 15.1. The predicted molar refractivity (Wildman–Crippen MR) is 84.8 cm³/mol. The van der Waals surface area contributed by atoms with Crippen LogP contribution >= 0.6 is 0 Å². The summed E-state index contributed by atoms with van der Waals surface area (Å²) in [5, 5.41) is 7.19. The highest BCUT2D eigenvalue weighted by Gasteiger charge is 2.21. The third kappa shape index (κ3) is 3.53. The van der Waals surface area contributed by atoms with E-state index in [-0.39, 0.29) is 17.6 Å². The van der Waals surface area contributed by atoms with Gasteiger partial charge >= 0.3 is 0 Å². The summed E-state index contributed by atoms with van der Waals surface area (Å²) in [5.74, 6) is 0.00356. The molecule has 1 aromatic heterocycles. The molecular weight excluding hydrogens is 281 g/mol. The lowest BCUT2D eigenvalue weighted by Crippen LogP contribution is -2.28. The number of amides is 1. The smallest absolute Gasteiger partial charge is 0.254 e. The van der Waals surface area contributed by atoms with Crippen molar-refractivity contribution in [2.75, 3.05) is 6.54 Å². The molecule has 1 heterocycles. The molecule has 0 bridgehead atoms. The van der Waals surface area contributed by atoms with Crippen molar-refractivity contribution in [1.82, 2.24) is 15.1 Å². The molecule has 2 aromatic rings. The van der Waals surface area contributed by atoms with E-state index < -0.39 is 0 Å². The average molecular weight is 303 g/mol. The Balaban J connectivity index is 2.39. The minimum absolute atomic E-state index is 0.0885. The average Bonchev–Trinajstić information content (AvgIpc) is 2.89. The summed E-state index contributed by atoms with van der Waals surface area (Å²) in [6, 6.07) is 6.21. The minimum atomic E-state index is -0.325. The maximum Gasteiger partial charge on any atom is 0.254 e. The summed E-state index contributed by atoms with van der Waals surface area (Å²) in [7, 11) is 0. The summed E-state index contributed by atoms with van der Waals surface area (Å²) in [4.78, 5) is 12.3. The molecule has 22 heavy (non-hydrogen) atoms. The first-order valence-electron chi connectivity index (χ1n) is 7.52. The van der Waals surface area contributed by atoms with Crippen molar-refractivity contribution in [3.05, 3.63) is 47.5 Å². The van der Waals surface area contributed by atoms with Gasteiger partial charge in [-0.3, -0.25) is 4.79 Å². The SMILES string of the molecule is CC(C)CNC(=O)c1cnn(-c2cccc(F)c2)c1C(C)C. The number of carbonyl (C=O) groups is 1. The number of hydrogen-bond acceptors (Lipinski definition) is 2. The Morgan fingerprint density at radius 2 is 2.05 bits per heavy atom. The van der Waals surface area contributed by atoms with Gasteiger partial charge in [-0.1, -0.05) is 33.8 Å². The third-order valence-corrected chi connectivity index (χ3v) is 3.32. The van der Waals surface area contributed by atoms with Crippen LogP contribution in [0.3, 0.4) is 0 Å². The largest absolute Gasteiger partial charge is 0.352 e. The molecule has 0 unspecified atom stereocenters. The molecule has 0 aliphatic carbocycles. The first kappa shape index (κ1) is 16.2. The number of nitrogens with zero attached hydrogens (tertiary/aromatic N) is 2. The van der Waals surface area contributed by atoms with E-state index in [4.69, 9.17) is 0 Å². The number of nitrogens with one attached hydrogen (secondary N) is 1. The van der Waals surface area contributed by atoms with Crippen LogP contribution in [0.1, 0.15) is 49.7 Å². The molecule has 1 amide bonds. The fraction of sp³-hybridized carbons (Fsp3) is 0.412. The molecule has 1 aromatic carbocycles. The number of rotatable bonds is 5. The van der Waals surface area contributed by atoms with Crippen LogP contribution in [0.25, 0.3) is 5.69 Å². The van der Waals surface area contributed by atoms with Crippen molar-refractivity contribution < 1.29 is 9.18 Å². The van der Waals surface area contributed by atoms with Crippen molar-refractivity contribution in [1.29, 1.82) is 0 Å². The van der Waals surface area contributed by atoms with Gasteiger partial charge in [-0.25, -0.2) is 9.07 Å². The molecule has 4 nitrogen and oxygen atoms in total. The van der Waals surface area contributed by atoms with Gasteiger partial charge in [-0.2, -0.15) is 5.10 Å². The Bertz CT molecular complexity index is 662. The van der Waals surface area contributed by atoms with Crippen LogP contribution in [-0.4, -0.2) is 22.2 Å². The van der Waals surface area contributed by atoms with Crippen molar-refractivity contribution in [2.24, 2.45) is 5.92 Å². The first-order valence-corrected chi connectivity index (χ1v) is 7.52. The van der Waals surface area contributed by atoms with Crippen LogP contribution in [0.4, 0.5) is 4.39 Å². The molecule has 2 rings (SSSR count). The number of aromatic nitrogens is 2. The van der Waals surface area contributed by atoms with Crippen LogP contribution in [0.2, 0.25) is 0 Å².